The zero-order chi connectivity index (χ0) is 23.8. The van der Waals surface area contributed by atoms with E-state index in [4.69, 9.17) is 9.47 Å². The molecule has 0 radical (unpaired) electrons. The topological polar surface area (TPSA) is 138 Å². The minimum absolute atomic E-state index is 0.0794. The van der Waals surface area contributed by atoms with Gasteiger partial charge in [0, 0.05) is 35.7 Å². The highest BCUT2D eigenvalue weighted by Gasteiger charge is 2.35. The van der Waals surface area contributed by atoms with Crippen molar-refractivity contribution in [3.63, 3.8) is 0 Å². The number of carboxylic acids is 1. The van der Waals surface area contributed by atoms with Crippen LogP contribution in [0.3, 0.4) is 0 Å². The molecule has 0 saturated carbocycles. The average Bonchev–Trinajstić information content (AvgIpc) is 3.13. The zero-order valence-electron chi connectivity index (χ0n) is 18.2. The van der Waals surface area contributed by atoms with E-state index in [1.807, 2.05) is 24.3 Å². The normalized spacial score (nSPS) is 15.4. The number of Topliss-reactive ketones (excluding diaryl/α,β-unsaturated/α-hetero) is 1. The number of para-hydroxylation sites is 1. The number of phenolic OH excluding ortho intramolecular Hbond substituents is 1. The molecule has 0 fully saturated rings. The Labute approximate surface area is 189 Å². The summed E-state index contributed by atoms with van der Waals surface area (Å²) >= 11 is 0. The largest absolute Gasteiger partial charge is 0.507 e. The molecule has 9 heteroatoms. The van der Waals surface area contributed by atoms with E-state index in [9.17, 15) is 24.6 Å². The van der Waals surface area contributed by atoms with E-state index in [0.717, 1.165) is 16.5 Å². The van der Waals surface area contributed by atoms with E-state index in [0.29, 0.717) is 0 Å². The van der Waals surface area contributed by atoms with Gasteiger partial charge in [-0.25, -0.2) is 4.79 Å². The fourth-order valence-electron chi connectivity index (χ4n) is 3.93. The number of aliphatic carboxylic acids is 1. The lowest BCUT2D eigenvalue weighted by Gasteiger charge is -2.32. The number of H-pyrrole nitrogens is 1. The summed E-state index contributed by atoms with van der Waals surface area (Å²) in [4.78, 5) is 39.5. The van der Waals surface area contributed by atoms with Crippen molar-refractivity contribution in [1.29, 1.82) is 0 Å². The Balaban J connectivity index is 1.42. The van der Waals surface area contributed by atoms with Crippen LogP contribution in [0.25, 0.3) is 10.9 Å². The monoisotopic (exact) mass is 452 g/mol. The van der Waals surface area contributed by atoms with Crippen molar-refractivity contribution in [1.82, 2.24) is 10.3 Å². The standard InChI is InChI=1S/C24H24N2O7/c1-24(2)10-19(28)22-18(27)8-14(9-20(22)33-24)32-12-21(29)26-17(23(30)31)7-13-11-25-16-6-4-3-5-15(13)16/h3-6,8-9,11,17,25,27H,7,10,12H2,1-2H3,(H,26,29)(H,30,31). The molecule has 1 amide bonds. The summed E-state index contributed by atoms with van der Waals surface area (Å²) in [6.45, 7) is 3.03. The number of ketones is 1. The van der Waals surface area contributed by atoms with Gasteiger partial charge in [-0.2, -0.15) is 0 Å². The van der Waals surface area contributed by atoms with Crippen LogP contribution in [-0.4, -0.2) is 51.1 Å². The molecule has 1 unspecified atom stereocenters. The molecule has 4 N–H and O–H groups in total. The third kappa shape index (κ3) is 4.77. The number of aromatic hydroxyl groups is 1. The minimum atomic E-state index is -1.17. The van der Waals surface area contributed by atoms with Crippen molar-refractivity contribution in [2.24, 2.45) is 0 Å². The van der Waals surface area contributed by atoms with Gasteiger partial charge in [0.2, 0.25) is 0 Å². The number of aromatic nitrogens is 1. The van der Waals surface area contributed by atoms with Crippen molar-refractivity contribution in [2.75, 3.05) is 6.61 Å². The number of carbonyl (C=O) groups is 3. The number of carboxylic acid groups (broad SMARTS) is 1. The van der Waals surface area contributed by atoms with Gasteiger partial charge in [-0.15, -0.1) is 0 Å². The summed E-state index contributed by atoms with van der Waals surface area (Å²) in [5.41, 5.74) is 0.991. The number of fused-ring (bicyclic) bond motifs is 2. The fraction of sp³-hybridized carbons (Fsp3) is 0.292. The van der Waals surface area contributed by atoms with Crippen LogP contribution in [0.1, 0.15) is 36.2 Å². The average molecular weight is 452 g/mol. The SMILES string of the molecule is CC1(C)CC(=O)c2c(O)cc(OCC(=O)NC(Cc3c[nH]c4ccccc34)C(=O)O)cc2O1. The first-order valence-corrected chi connectivity index (χ1v) is 10.4. The molecular formula is C24H24N2O7. The second kappa shape index (κ2) is 8.50. The second-order valence-electron chi connectivity index (χ2n) is 8.59. The van der Waals surface area contributed by atoms with Gasteiger partial charge in [-0.1, -0.05) is 18.2 Å². The number of hydrogen-bond donors (Lipinski definition) is 4. The van der Waals surface area contributed by atoms with Crippen LogP contribution in [0.15, 0.2) is 42.6 Å². The highest BCUT2D eigenvalue weighted by atomic mass is 16.5. The first-order chi connectivity index (χ1) is 15.6. The smallest absolute Gasteiger partial charge is 0.326 e. The molecule has 2 aromatic carbocycles. The van der Waals surface area contributed by atoms with Crippen LogP contribution in [0, 0.1) is 0 Å². The molecule has 3 aromatic rings. The second-order valence-corrected chi connectivity index (χ2v) is 8.59. The Morgan fingerprint density at radius 2 is 2.03 bits per heavy atom. The van der Waals surface area contributed by atoms with E-state index in [1.54, 1.807) is 20.0 Å². The van der Waals surface area contributed by atoms with Crippen LogP contribution >= 0.6 is 0 Å². The molecular weight excluding hydrogens is 428 g/mol. The summed E-state index contributed by atoms with van der Waals surface area (Å²) in [7, 11) is 0. The van der Waals surface area contributed by atoms with Gasteiger partial charge < -0.3 is 30.0 Å². The molecule has 0 aliphatic carbocycles. The molecule has 1 atom stereocenters. The van der Waals surface area contributed by atoms with Crippen molar-refractivity contribution in [3.05, 3.63) is 53.7 Å². The van der Waals surface area contributed by atoms with Crippen LogP contribution in [0.2, 0.25) is 0 Å². The molecule has 33 heavy (non-hydrogen) atoms. The van der Waals surface area contributed by atoms with E-state index < -0.39 is 30.1 Å². The summed E-state index contributed by atoms with van der Waals surface area (Å²) < 4.78 is 11.2. The summed E-state index contributed by atoms with van der Waals surface area (Å²) in [6.07, 6.45) is 1.95. The first-order valence-electron chi connectivity index (χ1n) is 10.4. The van der Waals surface area contributed by atoms with E-state index in [2.05, 4.69) is 10.3 Å². The van der Waals surface area contributed by atoms with Gasteiger partial charge in [-0.05, 0) is 25.5 Å². The number of ether oxygens (including phenoxy) is 2. The van der Waals surface area contributed by atoms with Crippen LogP contribution < -0.4 is 14.8 Å². The summed E-state index contributed by atoms with van der Waals surface area (Å²) in [6, 6.07) is 8.99. The highest BCUT2D eigenvalue weighted by Crippen LogP contribution is 2.40. The number of carbonyl (C=O) groups excluding carboxylic acids is 2. The molecule has 2 heterocycles. The maximum atomic E-state index is 12.4. The molecule has 1 aliphatic heterocycles. The van der Waals surface area contributed by atoms with E-state index >= 15 is 0 Å². The number of rotatable bonds is 7. The van der Waals surface area contributed by atoms with Crippen LogP contribution in [0.4, 0.5) is 0 Å². The van der Waals surface area contributed by atoms with Crippen LogP contribution in [-0.2, 0) is 16.0 Å². The van der Waals surface area contributed by atoms with Gasteiger partial charge in [0.15, 0.2) is 12.4 Å². The van der Waals surface area contributed by atoms with E-state index in [1.165, 1.54) is 12.1 Å². The molecule has 9 nitrogen and oxygen atoms in total. The van der Waals surface area contributed by atoms with Gasteiger partial charge in [-0.3, -0.25) is 9.59 Å². The molecule has 4 rings (SSSR count). The van der Waals surface area contributed by atoms with Gasteiger partial charge in [0.05, 0.1) is 6.42 Å². The highest BCUT2D eigenvalue weighted by molar-refractivity contribution is 6.03. The summed E-state index contributed by atoms with van der Waals surface area (Å²) in [5.74, 6) is -2.06. The Kier molecular flexibility index (Phi) is 5.71. The lowest BCUT2D eigenvalue weighted by molar-refractivity contribution is -0.142. The van der Waals surface area contributed by atoms with Crippen molar-refractivity contribution in [3.8, 4) is 17.2 Å². The third-order valence-electron chi connectivity index (χ3n) is 5.41. The predicted octanol–water partition coefficient (Wildman–Crippen LogP) is 2.81. The predicted molar refractivity (Wildman–Crippen MR) is 119 cm³/mol. The number of nitrogens with one attached hydrogen (secondary N) is 2. The Morgan fingerprint density at radius 3 is 2.79 bits per heavy atom. The molecule has 172 valence electrons. The Bertz CT molecular complexity index is 1240. The maximum Gasteiger partial charge on any atom is 0.326 e. The first kappa shape index (κ1) is 22.2. The Hall–Kier alpha value is -4.01. The van der Waals surface area contributed by atoms with Gasteiger partial charge >= 0.3 is 5.97 Å². The van der Waals surface area contributed by atoms with Gasteiger partial charge in [0.25, 0.3) is 5.91 Å². The maximum absolute atomic E-state index is 12.4. The van der Waals surface area contributed by atoms with Gasteiger partial charge in [0.1, 0.15) is 34.5 Å². The lowest BCUT2D eigenvalue weighted by atomic mass is 9.92. The van der Waals surface area contributed by atoms with E-state index in [-0.39, 0.29) is 41.4 Å². The molecule has 0 bridgehead atoms. The fourth-order valence-corrected chi connectivity index (χ4v) is 3.93. The van der Waals surface area contributed by atoms with Crippen LogP contribution in [0.5, 0.6) is 17.2 Å². The van der Waals surface area contributed by atoms with Crippen molar-refractivity contribution >= 4 is 28.6 Å². The number of phenols is 1. The van der Waals surface area contributed by atoms with Crippen molar-refractivity contribution < 1.29 is 34.1 Å². The lowest BCUT2D eigenvalue weighted by Crippen LogP contribution is -2.44. The number of amides is 1. The molecule has 1 aliphatic rings. The molecule has 0 spiro atoms. The zero-order valence-corrected chi connectivity index (χ0v) is 18.2. The third-order valence-corrected chi connectivity index (χ3v) is 5.41. The molecule has 0 saturated heterocycles. The number of aromatic amines is 1. The summed E-state index contributed by atoms with van der Waals surface area (Å²) in [5, 5.41) is 23.2. The quantitative estimate of drug-likeness (QED) is 0.432. The van der Waals surface area contributed by atoms with Crippen molar-refractivity contribution in [2.45, 2.75) is 38.3 Å². The number of hydrogen-bond acceptors (Lipinski definition) is 6. The number of benzene rings is 2. The molecule has 1 aromatic heterocycles. The Morgan fingerprint density at radius 1 is 1.27 bits per heavy atom. The minimum Gasteiger partial charge on any atom is -0.507 e.